The second-order valence-electron chi connectivity index (χ2n) is 9.62. The van der Waals surface area contributed by atoms with Crippen LogP contribution in [0.25, 0.3) is 0 Å². The minimum absolute atomic E-state index is 0.0181. The fourth-order valence-electron chi connectivity index (χ4n) is 3.26. The van der Waals surface area contributed by atoms with Crippen molar-refractivity contribution >= 4 is 29.7 Å². The molecule has 5 atom stereocenters. The van der Waals surface area contributed by atoms with Crippen molar-refractivity contribution in [1.29, 1.82) is 0 Å². The molecular formula is C23H42N4O7. The summed E-state index contributed by atoms with van der Waals surface area (Å²) in [4.78, 5) is 61.0. The van der Waals surface area contributed by atoms with Crippen LogP contribution in [0.4, 0.5) is 0 Å². The van der Waals surface area contributed by atoms with E-state index in [0.29, 0.717) is 6.42 Å². The zero-order valence-electron chi connectivity index (χ0n) is 21.1. The molecule has 11 heteroatoms. The van der Waals surface area contributed by atoms with Crippen LogP contribution in [0, 0.1) is 17.8 Å². The van der Waals surface area contributed by atoms with Gasteiger partial charge in [-0.15, -0.1) is 0 Å². The average molecular weight is 487 g/mol. The molecule has 0 aliphatic heterocycles. The van der Waals surface area contributed by atoms with Gasteiger partial charge in [-0.25, -0.2) is 4.79 Å². The van der Waals surface area contributed by atoms with Crippen molar-refractivity contribution in [3.63, 3.8) is 0 Å². The van der Waals surface area contributed by atoms with E-state index in [-0.39, 0.29) is 37.0 Å². The van der Waals surface area contributed by atoms with E-state index in [1.807, 2.05) is 27.7 Å². The highest BCUT2D eigenvalue weighted by molar-refractivity contribution is 5.94. The number of nitrogens with one attached hydrogen (secondary N) is 3. The Kier molecular flexibility index (Phi) is 14.1. The Balaban J connectivity index is 5.61. The Hall–Kier alpha value is -2.69. The first kappa shape index (κ1) is 31.3. The average Bonchev–Trinajstić information content (AvgIpc) is 2.73. The minimum atomic E-state index is -1.28. The van der Waals surface area contributed by atoms with E-state index in [9.17, 15) is 29.1 Å². The third-order valence-corrected chi connectivity index (χ3v) is 5.50. The summed E-state index contributed by atoms with van der Waals surface area (Å²) in [7, 11) is 0. The van der Waals surface area contributed by atoms with Gasteiger partial charge in [-0.2, -0.15) is 0 Å². The highest BCUT2D eigenvalue weighted by Crippen LogP contribution is 2.11. The quantitative estimate of drug-likeness (QED) is 0.185. The van der Waals surface area contributed by atoms with E-state index >= 15 is 0 Å². The van der Waals surface area contributed by atoms with Gasteiger partial charge in [0, 0.05) is 6.42 Å². The van der Waals surface area contributed by atoms with Crippen LogP contribution in [-0.2, 0) is 24.0 Å². The van der Waals surface area contributed by atoms with Gasteiger partial charge in [0.1, 0.15) is 18.1 Å². The number of aliphatic carboxylic acids is 2. The Morgan fingerprint density at radius 2 is 1.18 bits per heavy atom. The predicted octanol–water partition coefficient (Wildman–Crippen LogP) is 0.856. The number of hydrogen-bond acceptors (Lipinski definition) is 6. The Morgan fingerprint density at radius 3 is 1.62 bits per heavy atom. The number of carboxylic acid groups (broad SMARTS) is 2. The molecule has 0 aromatic carbocycles. The van der Waals surface area contributed by atoms with E-state index in [0.717, 1.165) is 0 Å². The second-order valence-corrected chi connectivity index (χ2v) is 9.62. The number of hydrogen-bond donors (Lipinski definition) is 6. The Morgan fingerprint density at radius 1 is 0.735 bits per heavy atom. The molecular weight excluding hydrogens is 444 g/mol. The lowest BCUT2D eigenvalue weighted by molar-refractivity contribution is -0.143. The van der Waals surface area contributed by atoms with Gasteiger partial charge in [-0.1, -0.05) is 48.0 Å². The molecule has 0 bridgehead atoms. The van der Waals surface area contributed by atoms with Gasteiger partial charge in [0.25, 0.3) is 0 Å². The smallest absolute Gasteiger partial charge is 0.326 e. The molecule has 0 radical (unpaired) electrons. The van der Waals surface area contributed by atoms with Crippen molar-refractivity contribution in [2.24, 2.45) is 23.5 Å². The molecule has 0 rings (SSSR count). The molecule has 5 unspecified atom stereocenters. The van der Waals surface area contributed by atoms with Crippen molar-refractivity contribution in [1.82, 2.24) is 16.0 Å². The zero-order chi connectivity index (χ0) is 26.6. The molecule has 3 amide bonds. The van der Waals surface area contributed by atoms with Crippen LogP contribution in [-0.4, -0.2) is 64.0 Å². The summed E-state index contributed by atoms with van der Waals surface area (Å²) < 4.78 is 0. The SMILES string of the molecule is CCC(C)C(N)C(=O)NC(CC(C)C)C(=O)NC(CCC(=O)O)C(=O)NC(CC(C)C)C(=O)O. The van der Waals surface area contributed by atoms with Crippen molar-refractivity contribution in [2.75, 3.05) is 0 Å². The maximum atomic E-state index is 13.0. The van der Waals surface area contributed by atoms with Gasteiger partial charge in [-0.3, -0.25) is 19.2 Å². The highest BCUT2D eigenvalue weighted by Gasteiger charge is 2.31. The first-order valence-electron chi connectivity index (χ1n) is 11.8. The molecule has 0 aromatic rings. The summed E-state index contributed by atoms with van der Waals surface area (Å²) in [6.45, 7) is 11.0. The van der Waals surface area contributed by atoms with Crippen molar-refractivity contribution in [3.05, 3.63) is 0 Å². The number of carbonyl (C=O) groups excluding carboxylic acids is 3. The monoisotopic (exact) mass is 486 g/mol. The summed E-state index contributed by atoms with van der Waals surface area (Å²) in [6.07, 6.45) is 0.452. The maximum Gasteiger partial charge on any atom is 0.326 e. The highest BCUT2D eigenvalue weighted by atomic mass is 16.4. The Bertz CT molecular complexity index is 711. The van der Waals surface area contributed by atoms with Crippen LogP contribution in [0.5, 0.6) is 0 Å². The standard InChI is InChI=1S/C23H42N4O7/c1-7-14(6)19(24)22(32)26-16(10-12(2)3)21(31)25-15(8-9-18(28)29)20(30)27-17(23(33)34)11-13(4)5/h12-17,19H,7-11,24H2,1-6H3,(H,25,31)(H,26,32)(H,27,30)(H,28,29)(H,33,34). The second kappa shape index (κ2) is 15.3. The van der Waals surface area contributed by atoms with Gasteiger partial charge < -0.3 is 31.9 Å². The topological polar surface area (TPSA) is 188 Å². The van der Waals surface area contributed by atoms with E-state index in [4.69, 9.17) is 10.8 Å². The van der Waals surface area contributed by atoms with Gasteiger partial charge in [0.15, 0.2) is 0 Å². The maximum absolute atomic E-state index is 13.0. The normalized spacial score (nSPS) is 15.7. The number of carbonyl (C=O) groups is 5. The number of nitrogens with two attached hydrogens (primary N) is 1. The van der Waals surface area contributed by atoms with Gasteiger partial charge in [0.05, 0.1) is 6.04 Å². The number of amides is 3. The summed E-state index contributed by atoms with van der Waals surface area (Å²) in [5, 5.41) is 26.0. The summed E-state index contributed by atoms with van der Waals surface area (Å²) in [5.74, 6) is -4.47. The van der Waals surface area contributed by atoms with Gasteiger partial charge in [-0.05, 0) is 37.0 Å². The van der Waals surface area contributed by atoms with Crippen LogP contribution < -0.4 is 21.7 Å². The van der Waals surface area contributed by atoms with E-state index < -0.39 is 60.2 Å². The summed E-state index contributed by atoms with van der Waals surface area (Å²) >= 11 is 0. The van der Waals surface area contributed by atoms with Gasteiger partial charge in [0.2, 0.25) is 17.7 Å². The molecule has 0 saturated heterocycles. The third kappa shape index (κ3) is 12.0. The molecule has 0 fully saturated rings. The molecule has 0 aliphatic carbocycles. The summed E-state index contributed by atoms with van der Waals surface area (Å²) in [5.41, 5.74) is 5.98. The lowest BCUT2D eigenvalue weighted by Crippen LogP contribution is -2.58. The molecule has 11 nitrogen and oxygen atoms in total. The van der Waals surface area contributed by atoms with Crippen molar-refractivity contribution < 1.29 is 34.2 Å². The van der Waals surface area contributed by atoms with Crippen LogP contribution in [0.1, 0.15) is 73.6 Å². The van der Waals surface area contributed by atoms with E-state index in [1.54, 1.807) is 13.8 Å². The minimum Gasteiger partial charge on any atom is -0.481 e. The first-order valence-corrected chi connectivity index (χ1v) is 11.8. The van der Waals surface area contributed by atoms with Crippen molar-refractivity contribution in [3.8, 4) is 0 Å². The Labute approximate surface area is 201 Å². The lowest BCUT2D eigenvalue weighted by Gasteiger charge is -2.27. The summed E-state index contributed by atoms with van der Waals surface area (Å²) in [6, 6.07) is -4.27. The van der Waals surface area contributed by atoms with Crippen molar-refractivity contribution in [2.45, 2.75) is 97.8 Å². The van der Waals surface area contributed by atoms with E-state index in [1.165, 1.54) is 0 Å². The van der Waals surface area contributed by atoms with Crippen LogP contribution in [0.2, 0.25) is 0 Å². The molecule has 34 heavy (non-hydrogen) atoms. The third-order valence-electron chi connectivity index (χ3n) is 5.50. The molecule has 196 valence electrons. The first-order chi connectivity index (χ1) is 15.7. The van der Waals surface area contributed by atoms with E-state index in [2.05, 4.69) is 16.0 Å². The van der Waals surface area contributed by atoms with Gasteiger partial charge >= 0.3 is 11.9 Å². The molecule has 0 aromatic heterocycles. The number of rotatable bonds is 16. The predicted molar refractivity (Wildman–Crippen MR) is 127 cm³/mol. The van der Waals surface area contributed by atoms with Crippen LogP contribution in [0.15, 0.2) is 0 Å². The largest absolute Gasteiger partial charge is 0.481 e. The van der Waals surface area contributed by atoms with Crippen LogP contribution in [0.3, 0.4) is 0 Å². The molecule has 7 N–H and O–H groups in total. The fourth-order valence-corrected chi connectivity index (χ4v) is 3.26. The molecule has 0 spiro atoms. The van der Waals surface area contributed by atoms with Crippen LogP contribution >= 0.6 is 0 Å². The lowest BCUT2D eigenvalue weighted by atomic mass is 9.97. The molecule has 0 saturated carbocycles. The zero-order valence-corrected chi connectivity index (χ0v) is 21.1. The number of carboxylic acids is 2. The molecule has 0 heterocycles. The fraction of sp³-hybridized carbons (Fsp3) is 0.783. The molecule has 0 aliphatic rings.